The molecule has 2 rings (SSSR count). The topological polar surface area (TPSA) is 49.4 Å². The van der Waals surface area contributed by atoms with E-state index in [2.05, 4.69) is 43.4 Å². The summed E-state index contributed by atoms with van der Waals surface area (Å²) in [6, 6.07) is 8.44. The van der Waals surface area contributed by atoms with Crippen LogP contribution in [0.5, 0.6) is 0 Å². The number of nitrogens with zero attached hydrogens (tertiary/aromatic N) is 1. The van der Waals surface area contributed by atoms with Crippen LogP contribution in [0.1, 0.15) is 37.3 Å². The first-order chi connectivity index (χ1) is 11.6. The molecule has 0 saturated carbocycles. The zero-order chi connectivity index (χ0) is 17.4. The van der Waals surface area contributed by atoms with E-state index in [0.717, 1.165) is 31.6 Å². The van der Waals surface area contributed by atoms with Gasteiger partial charge in [-0.2, -0.15) is 0 Å². The fraction of sp³-hybridized carbons (Fsp3) is 0.579. The minimum atomic E-state index is 0.0702. The lowest BCUT2D eigenvalue weighted by Crippen LogP contribution is -2.43. The van der Waals surface area contributed by atoms with Crippen LogP contribution in [0.25, 0.3) is 0 Å². The normalized spacial score (nSPS) is 15.3. The Morgan fingerprint density at radius 1 is 1.21 bits per heavy atom. The molecule has 1 aliphatic heterocycles. The van der Waals surface area contributed by atoms with E-state index in [4.69, 9.17) is 0 Å². The number of hydrogen-bond donors (Lipinski definition) is 1. The van der Waals surface area contributed by atoms with Gasteiger partial charge < -0.3 is 10.2 Å². The van der Waals surface area contributed by atoms with E-state index < -0.39 is 0 Å². The van der Waals surface area contributed by atoms with E-state index in [-0.39, 0.29) is 17.7 Å². The molecule has 1 aliphatic rings. The third kappa shape index (κ3) is 5.86. The molecule has 0 bridgehead atoms. The molecule has 1 saturated heterocycles. The highest BCUT2D eigenvalue weighted by atomic mass is 32.2. The fourth-order valence-corrected chi connectivity index (χ4v) is 3.70. The van der Waals surface area contributed by atoms with Gasteiger partial charge in [-0.25, -0.2) is 0 Å². The van der Waals surface area contributed by atoms with E-state index in [1.165, 1.54) is 11.1 Å². The van der Waals surface area contributed by atoms with Gasteiger partial charge in [0, 0.05) is 31.3 Å². The molecule has 2 amide bonds. The number of benzene rings is 1. The number of carbonyl (C=O) groups excluding carboxylic acids is 2. The molecule has 0 aromatic heterocycles. The highest BCUT2D eigenvalue weighted by Gasteiger charge is 2.26. The summed E-state index contributed by atoms with van der Waals surface area (Å²) in [7, 11) is 0. The molecule has 5 heteroatoms. The molecule has 132 valence electrons. The fourth-order valence-electron chi connectivity index (χ4n) is 2.82. The summed E-state index contributed by atoms with van der Waals surface area (Å²) >= 11 is 1.66. The second-order valence-corrected chi connectivity index (χ2v) is 7.41. The molecule has 0 atom stereocenters. The van der Waals surface area contributed by atoms with Crippen LogP contribution in [0.15, 0.2) is 24.3 Å². The van der Waals surface area contributed by atoms with Gasteiger partial charge in [-0.3, -0.25) is 9.59 Å². The average Bonchev–Trinajstić information content (AvgIpc) is 2.61. The molecule has 24 heavy (non-hydrogen) atoms. The molecular formula is C19H28N2O2S. The van der Waals surface area contributed by atoms with Crippen LogP contribution in [-0.2, 0) is 15.3 Å². The lowest BCUT2D eigenvalue weighted by atomic mass is 9.96. The summed E-state index contributed by atoms with van der Waals surface area (Å²) < 4.78 is 0. The van der Waals surface area contributed by atoms with Crippen LogP contribution in [-0.4, -0.2) is 42.1 Å². The van der Waals surface area contributed by atoms with Crippen LogP contribution in [0.2, 0.25) is 0 Å². The maximum Gasteiger partial charge on any atom is 0.232 e. The molecule has 1 fully saturated rings. The van der Waals surface area contributed by atoms with E-state index in [0.29, 0.717) is 18.8 Å². The number of thioether (sulfide) groups is 1. The molecule has 0 spiro atoms. The predicted octanol–water partition coefficient (Wildman–Crippen LogP) is 2.99. The standard InChI is InChI=1S/C19H28N2O2S/c1-3-10-20-19(23)17-8-11-21(12-9-17)18(22)14-24-13-16-6-4-15(2)5-7-16/h4-7,17H,3,8-14H2,1-2H3,(H,20,23). The Kier molecular flexibility index (Phi) is 7.63. The number of rotatable bonds is 7. The number of likely N-dealkylation sites (tertiary alicyclic amines) is 1. The SMILES string of the molecule is CCCNC(=O)C1CCN(C(=O)CSCc2ccc(C)cc2)CC1. The van der Waals surface area contributed by atoms with Crippen molar-refractivity contribution in [3.05, 3.63) is 35.4 Å². The van der Waals surface area contributed by atoms with Gasteiger partial charge in [0.1, 0.15) is 0 Å². The molecule has 1 aromatic rings. The number of amides is 2. The minimum absolute atomic E-state index is 0.0702. The van der Waals surface area contributed by atoms with Crippen LogP contribution in [0.4, 0.5) is 0 Å². The van der Waals surface area contributed by atoms with Crippen molar-refractivity contribution < 1.29 is 9.59 Å². The number of carbonyl (C=O) groups is 2. The highest BCUT2D eigenvalue weighted by Crippen LogP contribution is 2.19. The molecule has 1 heterocycles. The first kappa shape index (κ1) is 18.8. The van der Waals surface area contributed by atoms with E-state index in [1.54, 1.807) is 11.8 Å². The van der Waals surface area contributed by atoms with Crippen molar-refractivity contribution in [2.24, 2.45) is 5.92 Å². The monoisotopic (exact) mass is 348 g/mol. The summed E-state index contributed by atoms with van der Waals surface area (Å²) in [5.74, 6) is 1.79. The third-order valence-corrected chi connectivity index (χ3v) is 5.37. The van der Waals surface area contributed by atoms with Gasteiger partial charge in [-0.1, -0.05) is 36.8 Å². The van der Waals surface area contributed by atoms with Gasteiger partial charge in [0.05, 0.1) is 5.75 Å². The van der Waals surface area contributed by atoms with E-state index in [9.17, 15) is 9.59 Å². The predicted molar refractivity (Wildman–Crippen MR) is 99.9 cm³/mol. The van der Waals surface area contributed by atoms with Crippen molar-refractivity contribution in [2.75, 3.05) is 25.4 Å². The lowest BCUT2D eigenvalue weighted by molar-refractivity contribution is -0.133. The van der Waals surface area contributed by atoms with Crippen molar-refractivity contribution >= 4 is 23.6 Å². The van der Waals surface area contributed by atoms with Crippen molar-refractivity contribution in [2.45, 2.75) is 38.9 Å². The summed E-state index contributed by atoms with van der Waals surface area (Å²) in [4.78, 5) is 26.2. The second kappa shape index (κ2) is 9.72. The zero-order valence-corrected chi connectivity index (χ0v) is 15.5. The van der Waals surface area contributed by atoms with Gasteiger partial charge >= 0.3 is 0 Å². The van der Waals surface area contributed by atoms with Gasteiger partial charge in [0.2, 0.25) is 11.8 Å². The van der Waals surface area contributed by atoms with Crippen LogP contribution in [0.3, 0.4) is 0 Å². The Hall–Kier alpha value is -1.49. The summed E-state index contributed by atoms with van der Waals surface area (Å²) in [5.41, 5.74) is 2.51. The maximum atomic E-state index is 12.3. The molecule has 0 unspecified atom stereocenters. The number of aryl methyl sites for hydroxylation is 1. The zero-order valence-electron chi connectivity index (χ0n) is 14.7. The quantitative estimate of drug-likeness (QED) is 0.824. The van der Waals surface area contributed by atoms with Crippen LogP contribution < -0.4 is 5.32 Å². The smallest absolute Gasteiger partial charge is 0.232 e. The summed E-state index contributed by atoms with van der Waals surface area (Å²) in [6.45, 7) is 6.28. The molecule has 0 aliphatic carbocycles. The number of piperidine rings is 1. The largest absolute Gasteiger partial charge is 0.356 e. The van der Waals surface area contributed by atoms with Gasteiger partial charge in [-0.05, 0) is 31.7 Å². The third-order valence-electron chi connectivity index (χ3n) is 4.38. The molecular weight excluding hydrogens is 320 g/mol. The minimum Gasteiger partial charge on any atom is -0.356 e. The highest BCUT2D eigenvalue weighted by molar-refractivity contribution is 7.99. The molecule has 0 radical (unpaired) electrons. The molecule has 1 aromatic carbocycles. The van der Waals surface area contributed by atoms with Crippen molar-refractivity contribution in [3.8, 4) is 0 Å². The Bertz CT molecular complexity index is 537. The second-order valence-electron chi connectivity index (χ2n) is 6.42. The van der Waals surface area contributed by atoms with Gasteiger partial charge in [0.25, 0.3) is 0 Å². The van der Waals surface area contributed by atoms with Crippen molar-refractivity contribution in [1.82, 2.24) is 10.2 Å². The van der Waals surface area contributed by atoms with Crippen LogP contribution in [0, 0.1) is 12.8 Å². The van der Waals surface area contributed by atoms with Crippen molar-refractivity contribution in [3.63, 3.8) is 0 Å². The van der Waals surface area contributed by atoms with Gasteiger partial charge in [-0.15, -0.1) is 11.8 Å². The molecule has 1 N–H and O–H groups in total. The first-order valence-electron chi connectivity index (χ1n) is 8.79. The molecule has 4 nitrogen and oxygen atoms in total. The summed E-state index contributed by atoms with van der Waals surface area (Å²) in [6.07, 6.45) is 2.52. The van der Waals surface area contributed by atoms with E-state index in [1.807, 2.05) is 4.90 Å². The Morgan fingerprint density at radius 3 is 2.50 bits per heavy atom. The maximum absolute atomic E-state index is 12.3. The Morgan fingerprint density at radius 2 is 1.88 bits per heavy atom. The first-order valence-corrected chi connectivity index (χ1v) is 9.94. The number of nitrogens with one attached hydrogen (secondary N) is 1. The average molecular weight is 349 g/mol. The van der Waals surface area contributed by atoms with Crippen molar-refractivity contribution in [1.29, 1.82) is 0 Å². The lowest BCUT2D eigenvalue weighted by Gasteiger charge is -2.31. The van der Waals surface area contributed by atoms with E-state index >= 15 is 0 Å². The Balaban J connectivity index is 1.67. The van der Waals surface area contributed by atoms with Crippen LogP contribution >= 0.6 is 11.8 Å². The van der Waals surface area contributed by atoms with Gasteiger partial charge in [0.15, 0.2) is 0 Å². The number of hydrogen-bond acceptors (Lipinski definition) is 3. The Labute approximate surface area is 149 Å². The summed E-state index contributed by atoms with van der Waals surface area (Å²) in [5, 5.41) is 2.96.